The minimum Gasteiger partial charge on any atom is -0.399 e. The third-order valence-corrected chi connectivity index (χ3v) is 3.03. The summed E-state index contributed by atoms with van der Waals surface area (Å²) in [5, 5.41) is 10.2. The van der Waals surface area contributed by atoms with E-state index < -0.39 is 5.60 Å². The second-order valence-electron chi connectivity index (χ2n) is 4.46. The Hall–Kier alpha value is -1.46. The molecule has 0 atom stereocenters. The van der Waals surface area contributed by atoms with Crippen LogP contribution in [0.25, 0.3) is 0 Å². The minimum absolute atomic E-state index is 0.738. The summed E-state index contributed by atoms with van der Waals surface area (Å²) in [7, 11) is 0. The molecule has 1 aliphatic rings. The molecule has 3 N–H and O–H groups in total. The van der Waals surface area contributed by atoms with E-state index in [1.54, 1.807) is 0 Å². The summed E-state index contributed by atoms with van der Waals surface area (Å²) in [6, 6.07) is 7.42. The van der Waals surface area contributed by atoms with E-state index in [0.717, 1.165) is 36.9 Å². The van der Waals surface area contributed by atoms with Crippen molar-refractivity contribution in [3.05, 3.63) is 29.8 Å². The fourth-order valence-electron chi connectivity index (χ4n) is 2.02. The van der Waals surface area contributed by atoms with Gasteiger partial charge in [-0.05, 0) is 49.9 Å². The highest BCUT2D eigenvalue weighted by atomic mass is 16.3. The maximum atomic E-state index is 10.2. The summed E-state index contributed by atoms with van der Waals surface area (Å²) in [5.41, 5.74) is 6.48. The number of hydrogen-bond donors (Lipinski definition) is 2. The quantitative estimate of drug-likeness (QED) is 0.515. The van der Waals surface area contributed by atoms with Crippen LogP contribution in [0.1, 0.15) is 37.7 Å². The summed E-state index contributed by atoms with van der Waals surface area (Å²) >= 11 is 0. The zero-order valence-electron chi connectivity index (χ0n) is 9.37. The van der Waals surface area contributed by atoms with E-state index in [9.17, 15) is 5.11 Å². The van der Waals surface area contributed by atoms with Gasteiger partial charge in [0.1, 0.15) is 5.60 Å². The molecular weight excluding hydrogens is 198 g/mol. The predicted molar refractivity (Wildman–Crippen MR) is 65.8 cm³/mol. The molecule has 2 heteroatoms. The van der Waals surface area contributed by atoms with E-state index in [4.69, 9.17) is 5.73 Å². The van der Waals surface area contributed by atoms with E-state index in [2.05, 4.69) is 11.8 Å². The Kier molecular flexibility index (Phi) is 3.17. The lowest BCUT2D eigenvalue weighted by Gasteiger charge is -2.26. The molecule has 1 aromatic rings. The molecule has 2 nitrogen and oxygen atoms in total. The summed E-state index contributed by atoms with van der Waals surface area (Å²) in [6.07, 6.45) is 4.97. The topological polar surface area (TPSA) is 46.2 Å². The first kappa shape index (κ1) is 11.0. The maximum absolute atomic E-state index is 10.2. The second-order valence-corrected chi connectivity index (χ2v) is 4.46. The highest BCUT2D eigenvalue weighted by Gasteiger charge is 2.26. The molecule has 0 unspecified atom stereocenters. The predicted octanol–water partition coefficient (Wildman–Crippen LogP) is 2.32. The summed E-state index contributed by atoms with van der Waals surface area (Å²) in [5.74, 6) is 6.02. The lowest BCUT2D eigenvalue weighted by Crippen LogP contribution is -2.29. The van der Waals surface area contributed by atoms with Gasteiger partial charge in [-0.3, -0.25) is 0 Å². The summed E-state index contributed by atoms with van der Waals surface area (Å²) in [6.45, 7) is 0. The first-order valence-corrected chi connectivity index (χ1v) is 5.79. The van der Waals surface area contributed by atoms with Crippen LogP contribution in [0.4, 0.5) is 5.69 Å². The molecule has 0 aromatic heterocycles. The number of rotatable bonds is 0. The number of hydrogen-bond acceptors (Lipinski definition) is 2. The molecule has 1 aliphatic carbocycles. The number of aliphatic hydroxyl groups is 1. The molecule has 0 amide bonds. The van der Waals surface area contributed by atoms with Crippen LogP contribution in [-0.4, -0.2) is 10.7 Å². The highest BCUT2D eigenvalue weighted by molar-refractivity contribution is 5.45. The average molecular weight is 215 g/mol. The van der Waals surface area contributed by atoms with Crippen molar-refractivity contribution >= 4 is 5.69 Å². The summed E-state index contributed by atoms with van der Waals surface area (Å²) in [4.78, 5) is 0. The lowest BCUT2D eigenvalue weighted by molar-refractivity contribution is 0.0610. The standard InChI is InChI=1S/C14H17NO/c15-13-6-4-12(5-7-13)8-11-14(16)9-2-1-3-10-14/h4-7,16H,1-3,9-10,15H2. The number of anilines is 1. The normalized spacial score (nSPS) is 18.6. The van der Waals surface area contributed by atoms with Crippen molar-refractivity contribution in [1.82, 2.24) is 0 Å². The van der Waals surface area contributed by atoms with Gasteiger partial charge >= 0.3 is 0 Å². The van der Waals surface area contributed by atoms with Crippen LogP contribution in [0.5, 0.6) is 0 Å². The molecule has 0 bridgehead atoms. The number of nitrogens with two attached hydrogens (primary N) is 1. The van der Waals surface area contributed by atoms with Crippen molar-refractivity contribution < 1.29 is 5.11 Å². The van der Waals surface area contributed by atoms with E-state index in [0.29, 0.717) is 0 Å². The monoisotopic (exact) mass is 215 g/mol. The third-order valence-electron chi connectivity index (χ3n) is 3.03. The SMILES string of the molecule is Nc1ccc(C#CC2(O)CCCCC2)cc1. The third kappa shape index (κ3) is 2.77. The molecule has 0 radical (unpaired) electrons. The van der Waals surface area contributed by atoms with Gasteiger partial charge < -0.3 is 10.8 Å². The molecule has 0 spiro atoms. The molecule has 1 aromatic carbocycles. The number of benzene rings is 1. The van der Waals surface area contributed by atoms with Crippen LogP contribution in [-0.2, 0) is 0 Å². The van der Waals surface area contributed by atoms with Crippen LogP contribution < -0.4 is 5.73 Å². The molecule has 1 fully saturated rings. The van der Waals surface area contributed by atoms with Crippen molar-refractivity contribution in [3.63, 3.8) is 0 Å². The molecule has 0 saturated heterocycles. The van der Waals surface area contributed by atoms with Gasteiger partial charge in [0.15, 0.2) is 0 Å². The van der Waals surface area contributed by atoms with Crippen LogP contribution in [0.2, 0.25) is 0 Å². The smallest absolute Gasteiger partial charge is 0.125 e. The Balaban J connectivity index is 2.11. The largest absolute Gasteiger partial charge is 0.399 e. The highest BCUT2D eigenvalue weighted by Crippen LogP contribution is 2.27. The Morgan fingerprint density at radius 1 is 1.06 bits per heavy atom. The molecule has 2 rings (SSSR count). The van der Waals surface area contributed by atoms with Gasteiger partial charge in [0.25, 0.3) is 0 Å². The molecule has 0 aliphatic heterocycles. The van der Waals surface area contributed by atoms with Crippen LogP contribution in [0, 0.1) is 11.8 Å². The van der Waals surface area contributed by atoms with Gasteiger partial charge in [-0.15, -0.1) is 0 Å². The van der Waals surface area contributed by atoms with E-state index in [-0.39, 0.29) is 0 Å². The number of nitrogen functional groups attached to an aromatic ring is 1. The molecule has 84 valence electrons. The molecule has 16 heavy (non-hydrogen) atoms. The summed E-state index contributed by atoms with van der Waals surface area (Å²) < 4.78 is 0. The van der Waals surface area contributed by atoms with Gasteiger partial charge in [-0.1, -0.05) is 18.3 Å². The van der Waals surface area contributed by atoms with Crippen molar-refractivity contribution in [2.45, 2.75) is 37.7 Å². The Labute approximate surface area is 96.5 Å². The van der Waals surface area contributed by atoms with Crippen LogP contribution in [0.3, 0.4) is 0 Å². The molecule has 0 heterocycles. The van der Waals surface area contributed by atoms with Gasteiger partial charge in [-0.25, -0.2) is 0 Å². The Bertz CT molecular complexity index is 405. The average Bonchev–Trinajstić information content (AvgIpc) is 2.29. The Morgan fingerprint density at radius 3 is 2.31 bits per heavy atom. The first-order valence-electron chi connectivity index (χ1n) is 5.79. The van der Waals surface area contributed by atoms with E-state index >= 15 is 0 Å². The fraction of sp³-hybridized carbons (Fsp3) is 0.429. The van der Waals surface area contributed by atoms with Crippen molar-refractivity contribution in [1.29, 1.82) is 0 Å². The molecular formula is C14H17NO. The lowest BCUT2D eigenvalue weighted by atomic mass is 9.85. The maximum Gasteiger partial charge on any atom is 0.125 e. The minimum atomic E-state index is -0.764. The van der Waals surface area contributed by atoms with E-state index in [1.165, 1.54) is 6.42 Å². The Morgan fingerprint density at radius 2 is 1.69 bits per heavy atom. The van der Waals surface area contributed by atoms with Crippen LogP contribution in [0.15, 0.2) is 24.3 Å². The van der Waals surface area contributed by atoms with Gasteiger partial charge in [-0.2, -0.15) is 0 Å². The van der Waals surface area contributed by atoms with Crippen molar-refractivity contribution in [2.24, 2.45) is 0 Å². The fourth-order valence-corrected chi connectivity index (χ4v) is 2.02. The van der Waals surface area contributed by atoms with Crippen molar-refractivity contribution in [3.8, 4) is 11.8 Å². The van der Waals surface area contributed by atoms with Gasteiger partial charge in [0, 0.05) is 11.3 Å². The van der Waals surface area contributed by atoms with Gasteiger partial charge in [0.2, 0.25) is 0 Å². The van der Waals surface area contributed by atoms with Gasteiger partial charge in [0.05, 0.1) is 0 Å². The van der Waals surface area contributed by atoms with E-state index in [1.807, 2.05) is 24.3 Å². The van der Waals surface area contributed by atoms with Crippen LogP contribution >= 0.6 is 0 Å². The molecule has 1 saturated carbocycles. The zero-order chi connectivity index (χ0) is 11.4. The zero-order valence-corrected chi connectivity index (χ0v) is 9.37. The second kappa shape index (κ2) is 4.59. The van der Waals surface area contributed by atoms with Crippen molar-refractivity contribution in [2.75, 3.05) is 5.73 Å². The first-order chi connectivity index (χ1) is 7.68.